The molecule has 0 aromatic carbocycles. The molecule has 1 heterocycles. The molecule has 0 spiro atoms. The van der Waals surface area contributed by atoms with Crippen molar-refractivity contribution in [3.05, 3.63) is 22.8 Å². The number of anilines is 1. The Morgan fingerprint density at radius 3 is 2.94 bits per heavy atom. The molecule has 0 aliphatic heterocycles. The molecular formula is C11H16ClN3OS. The Labute approximate surface area is 110 Å². The van der Waals surface area contributed by atoms with Gasteiger partial charge in [0.2, 0.25) is 0 Å². The zero-order chi connectivity index (χ0) is 12.8. The lowest BCUT2D eigenvalue weighted by atomic mass is 10.2. The summed E-state index contributed by atoms with van der Waals surface area (Å²) in [5, 5.41) is 3.11. The van der Waals surface area contributed by atoms with Crippen LogP contribution in [0, 0.1) is 0 Å². The second kappa shape index (κ2) is 6.71. The molecule has 0 saturated carbocycles. The molecular weight excluding hydrogens is 258 g/mol. The molecule has 1 aromatic rings. The van der Waals surface area contributed by atoms with E-state index >= 15 is 0 Å². The van der Waals surface area contributed by atoms with Gasteiger partial charge in [0.1, 0.15) is 11.0 Å². The Balaban J connectivity index is 2.63. The van der Waals surface area contributed by atoms with Crippen LogP contribution < -0.4 is 11.1 Å². The highest BCUT2D eigenvalue weighted by atomic mass is 35.5. The van der Waals surface area contributed by atoms with Crippen molar-refractivity contribution in [1.82, 2.24) is 10.3 Å². The number of nitrogens with one attached hydrogen (secondary N) is 1. The zero-order valence-corrected chi connectivity index (χ0v) is 11.4. The first-order chi connectivity index (χ1) is 8.02. The van der Waals surface area contributed by atoms with Crippen molar-refractivity contribution in [3.63, 3.8) is 0 Å². The molecule has 94 valence electrons. The van der Waals surface area contributed by atoms with Gasteiger partial charge in [-0.2, -0.15) is 11.8 Å². The number of thioether (sulfide) groups is 1. The first-order valence-electron chi connectivity index (χ1n) is 5.34. The van der Waals surface area contributed by atoms with E-state index in [1.165, 1.54) is 12.1 Å². The third kappa shape index (κ3) is 4.83. The van der Waals surface area contributed by atoms with Crippen LogP contribution in [-0.2, 0) is 0 Å². The molecule has 1 aromatic heterocycles. The van der Waals surface area contributed by atoms with E-state index in [0.717, 1.165) is 11.5 Å². The van der Waals surface area contributed by atoms with E-state index in [4.69, 9.17) is 17.3 Å². The largest absolute Gasteiger partial charge is 0.384 e. The molecule has 1 atom stereocenters. The molecule has 4 nitrogen and oxygen atoms in total. The van der Waals surface area contributed by atoms with Crippen molar-refractivity contribution in [2.24, 2.45) is 0 Å². The summed E-state index contributed by atoms with van der Waals surface area (Å²) in [6.07, 6.45) is 0. The summed E-state index contributed by atoms with van der Waals surface area (Å²) in [6, 6.07) is 3.13. The van der Waals surface area contributed by atoms with Crippen molar-refractivity contribution >= 4 is 35.1 Å². The average Bonchev–Trinajstić information content (AvgIpc) is 2.25. The van der Waals surface area contributed by atoms with Crippen LogP contribution in [0.3, 0.4) is 0 Å². The molecule has 17 heavy (non-hydrogen) atoms. The highest BCUT2D eigenvalue weighted by Crippen LogP contribution is 2.12. The second-order valence-corrected chi connectivity index (χ2v) is 5.34. The molecule has 0 fully saturated rings. The molecule has 0 aliphatic carbocycles. The number of amides is 1. The summed E-state index contributed by atoms with van der Waals surface area (Å²) in [6.45, 7) is 4.05. The number of nitrogens with two attached hydrogens (primary N) is 1. The third-order valence-corrected chi connectivity index (χ3v) is 3.36. The van der Waals surface area contributed by atoms with Crippen LogP contribution in [0.15, 0.2) is 12.1 Å². The summed E-state index contributed by atoms with van der Waals surface area (Å²) in [4.78, 5) is 15.7. The van der Waals surface area contributed by atoms with Crippen LogP contribution >= 0.6 is 23.4 Å². The van der Waals surface area contributed by atoms with Gasteiger partial charge in [-0.25, -0.2) is 4.98 Å². The van der Waals surface area contributed by atoms with Gasteiger partial charge in [0.25, 0.3) is 5.91 Å². The Morgan fingerprint density at radius 1 is 1.65 bits per heavy atom. The van der Waals surface area contributed by atoms with Gasteiger partial charge < -0.3 is 11.1 Å². The van der Waals surface area contributed by atoms with Crippen LogP contribution in [0.4, 0.5) is 5.82 Å². The Bertz CT molecular complexity index is 380. The number of carbonyl (C=O) groups is 1. The van der Waals surface area contributed by atoms with Crippen molar-refractivity contribution in [2.75, 3.05) is 17.2 Å². The fraction of sp³-hybridized carbons (Fsp3) is 0.455. The van der Waals surface area contributed by atoms with E-state index in [9.17, 15) is 4.79 Å². The van der Waals surface area contributed by atoms with Gasteiger partial charge in [0.05, 0.1) is 0 Å². The van der Waals surface area contributed by atoms with Crippen LogP contribution in [-0.4, -0.2) is 28.4 Å². The second-order valence-electron chi connectivity index (χ2n) is 3.64. The van der Waals surface area contributed by atoms with Gasteiger partial charge in [-0.05, 0) is 24.8 Å². The summed E-state index contributed by atoms with van der Waals surface area (Å²) in [5.74, 6) is 1.99. The normalized spacial score (nSPS) is 12.2. The summed E-state index contributed by atoms with van der Waals surface area (Å²) >= 11 is 7.52. The number of hydrogen-bond acceptors (Lipinski definition) is 4. The molecule has 0 bridgehead atoms. The number of rotatable bonds is 5. The minimum Gasteiger partial charge on any atom is -0.384 e. The van der Waals surface area contributed by atoms with E-state index in [2.05, 4.69) is 17.2 Å². The number of nitrogen functional groups attached to an aromatic ring is 1. The molecule has 0 saturated heterocycles. The van der Waals surface area contributed by atoms with Gasteiger partial charge in [-0.15, -0.1) is 0 Å². The summed E-state index contributed by atoms with van der Waals surface area (Å²) in [5.41, 5.74) is 5.97. The van der Waals surface area contributed by atoms with Gasteiger partial charge in [0.15, 0.2) is 0 Å². The molecule has 0 radical (unpaired) electrons. The molecule has 1 rings (SSSR count). The minimum absolute atomic E-state index is 0.112. The zero-order valence-electron chi connectivity index (χ0n) is 9.87. The number of carbonyl (C=O) groups excluding carboxylic acids is 1. The Hall–Kier alpha value is -0.940. The predicted molar refractivity (Wildman–Crippen MR) is 73.6 cm³/mol. The fourth-order valence-corrected chi connectivity index (χ4v) is 2.18. The van der Waals surface area contributed by atoms with Gasteiger partial charge in [-0.1, -0.05) is 18.5 Å². The molecule has 1 amide bonds. The summed E-state index contributed by atoms with van der Waals surface area (Å²) in [7, 11) is 0. The third-order valence-electron chi connectivity index (χ3n) is 2.03. The Kier molecular flexibility index (Phi) is 5.58. The average molecular weight is 274 g/mol. The molecule has 1 unspecified atom stereocenters. The molecule has 0 aliphatic rings. The summed E-state index contributed by atoms with van der Waals surface area (Å²) < 4.78 is 0. The van der Waals surface area contributed by atoms with Crippen LogP contribution in [0.2, 0.25) is 5.15 Å². The van der Waals surface area contributed by atoms with Crippen LogP contribution in [0.25, 0.3) is 0 Å². The topological polar surface area (TPSA) is 68.0 Å². The maximum Gasteiger partial charge on any atom is 0.251 e. The van der Waals surface area contributed by atoms with E-state index in [0.29, 0.717) is 5.56 Å². The predicted octanol–water partition coefficient (Wildman–Crippen LogP) is 2.19. The monoisotopic (exact) mass is 273 g/mol. The highest BCUT2D eigenvalue weighted by Gasteiger charge is 2.11. The Morgan fingerprint density at radius 2 is 2.35 bits per heavy atom. The van der Waals surface area contributed by atoms with E-state index in [1.54, 1.807) is 11.8 Å². The number of hydrogen-bond donors (Lipinski definition) is 2. The van der Waals surface area contributed by atoms with Gasteiger partial charge in [-0.3, -0.25) is 4.79 Å². The lowest BCUT2D eigenvalue weighted by Gasteiger charge is -2.13. The van der Waals surface area contributed by atoms with Crippen molar-refractivity contribution in [1.29, 1.82) is 0 Å². The van der Waals surface area contributed by atoms with Crippen molar-refractivity contribution < 1.29 is 4.79 Å². The lowest BCUT2D eigenvalue weighted by Crippen LogP contribution is -2.34. The number of aromatic nitrogens is 1. The highest BCUT2D eigenvalue weighted by molar-refractivity contribution is 7.99. The maximum absolute atomic E-state index is 11.9. The van der Waals surface area contributed by atoms with E-state index < -0.39 is 0 Å². The quantitative estimate of drug-likeness (QED) is 0.807. The number of nitrogens with zero attached hydrogens (tertiary/aromatic N) is 1. The van der Waals surface area contributed by atoms with Crippen LogP contribution in [0.1, 0.15) is 24.2 Å². The smallest absolute Gasteiger partial charge is 0.251 e. The van der Waals surface area contributed by atoms with Gasteiger partial charge in [0, 0.05) is 17.4 Å². The SMILES string of the molecule is CCSCC(C)NC(=O)c1cc(N)nc(Cl)c1. The number of halogens is 1. The standard InChI is InChI=1S/C11H16ClN3OS/c1-3-17-6-7(2)14-11(16)8-4-9(12)15-10(13)5-8/h4-5,7H,3,6H2,1-2H3,(H2,13,15)(H,14,16). The maximum atomic E-state index is 11.9. The number of pyridine rings is 1. The molecule has 3 N–H and O–H groups in total. The van der Waals surface area contributed by atoms with Crippen molar-refractivity contribution in [2.45, 2.75) is 19.9 Å². The van der Waals surface area contributed by atoms with Crippen molar-refractivity contribution in [3.8, 4) is 0 Å². The van der Waals surface area contributed by atoms with E-state index in [1.807, 2.05) is 6.92 Å². The lowest BCUT2D eigenvalue weighted by molar-refractivity contribution is 0.0943. The first kappa shape index (κ1) is 14.1. The van der Waals surface area contributed by atoms with Crippen LogP contribution in [0.5, 0.6) is 0 Å². The molecule has 6 heteroatoms. The van der Waals surface area contributed by atoms with E-state index in [-0.39, 0.29) is 22.9 Å². The first-order valence-corrected chi connectivity index (χ1v) is 6.88. The fourth-order valence-electron chi connectivity index (χ4n) is 1.29. The van der Waals surface area contributed by atoms with Gasteiger partial charge >= 0.3 is 0 Å². The minimum atomic E-state index is -0.176.